The molecule has 0 saturated carbocycles. The van der Waals surface area contributed by atoms with E-state index in [4.69, 9.17) is 4.11 Å². The Kier molecular flexibility index (Phi) is 7.41. The van der Waals surface area contributed by atoms with Gasteiger partial charge in [0.15, 0.2) is 0 Å². The Morgan fingerprint density at radius 2 is 0.773 bits per heavy atom. The first-order valence-corrected chi connectivity index (χ1v) is 22.7. The van der Waals surface area contributed by atoms with Gasteiger partial charge in [-0.3, -0.25) is 0 Å². The average molecular weight is 848 g/mol. The summed E-state index contributed by atoms with van der Waals surface area (Å²) in [6.45, 7) is 4.67. The Morgan fingerprint density at radius 1 is 0.318 bits per heavy atom. The van der Waals surface area contributed by atoms with Gasteiger partial charge in [0, 0.05) is 39.4 Å². The minimum atomic E-state index is -0.816. The lowest BCUT2D eigenvalue weighted by atomic mass is 9.70. The third-order valence-electron chi connectivity index (χ3n) is 14.3. The van der Waals surface area contributed by atoms with Crippen LogP contribution in [0.5, 0.6) is 0 Å². The van der Waals surface area contributed by atoms with Crippen molar-refractivity contribution >= 4 is 34.1 Å². The molecule has 0 heterocycles. The molecule has 10 aromatic carbocycles. The van der Waals surface area contributed by atoms with Crippen LogP contribution in [-0.4, -0.2) is 0 Å². The molecule has 0 aromatic heterocycles. The lowest BCUT2D eigenvalue weighted by molar-refractivity contribution is 0.660. The molecule has 0 saturated heterocycles. The van der Waals surface area contributed by atoms with E-state index in [-0.39, 0.29) is 35.3 Å². The summed E-state index contributed by atoms with van der Waals surface area (Å²) in [5, 5.41) is 0. The van der Waals surface area contributed by atoms with Crippen molar-refractivity contribution in [2.24, 2.45) is 0 Å². The molecule has 1 spiro atoms. The minimum Gasteiger partial charge on any atom is -0.310 e. The van der Waals surface area contributed by atoms with E-state index in [1.54, 1.807) is 0 Å². The SMILES string of the molecule is [2H]c1c([2H])c([2H])c(N(c2ccccc2)c2ccc3c(c2)C2(c4ccccc4-3)c3ccccc3-c3cc(-c4ccccc4)c(N(c4ccccc4)c4ccc5c(c4)C(C)(C)c4ccccc4-5)cc32)c([2H])c1[2H]. The van der Waals surface area contributed by atoms with Gasteiger partial charge in [0.1, 0.15) is 0 Å². The van der Waals surface area contributed by atoms with E-state index in [0.29, 0.717) is 11.4 Å². The van der Waals surface area contributed by atoms with E-state index < -0.39 is 11.5 Å². The highest BCUT2D eigenvalue weighted by molar-refractivity contribution is 6.01. The maximum atomic E-state index is 9.25. The van der Waals surface area contributed by atoms with Crippen LogP contribution in [0.1, 0.15) is 54.1 Å². The summed E-state index contributed by atoms with van der Waals surface area (Å²) in [5.41, 5.74) is 19.9. The van der Waals surface area contributed by atoms with Crippen LogP contribution in [0.3, 0.4) is 0 Å². The van der Waals surface area contributed by atoms with E-state index in [1.165, 1.54) is 22.3 Å². The Bertz CT molecular complexity index is 3790. The van der Waals surface area contributed by atoms with Crippen molar-refractivity contribution in [3.05, 3.63) is 276 Å². The fourth-order valence-corrected chi connectivity index (χ4v) is 11.5. The second-order valence-electron chi connectivity index (χ2n) is 18.1. The first-order chi connectivity index (χ1) is 34.6. The lowest BCUT2D eigenvalue weighted by Crippen LogP contribution is -2.26. The molecule has 0 bridgehead atoms. The second kappa shape index (κ2) is 14.7. The van der Waals surface area contributed by atoms with Gasteiger partial charge in [0.05, 0.1) is 18.0 Å². The first-order valence-electron chi connectivity index (χ1n) is 25.2. The smallest absolute Gasteiger partial charge is 0.0727 e. The van der Waals surface area contributed by atoms with Crippen molar-refractivity contribution in [3.63, 3.8) is 0 Å². The number of hydrogen-bond acceptors (Lipinski definition) is 2. The fraction of sp³-hybridized carbons (Fsp3) is 0.0625. The molecule has 2 heteroatoms. The Hall–Kier alpha value is -8.20. The molecule has 0 aliphatic heterocycles. The lowest BCUT2D eigenvalue weighted by Gasteiger charge is -2.34. The number of hydrogen-bond donors (Lipinski definition) is 0. The molecule has 312 valence electrons. The van der Waals surface area contributed by atoms with Crippen molar-refractivity contribution in [2.75, 3.05) is 9.80 Å². The predicted octanol–water partition coefficient (Wildman–Crippen LogP) is 16.9. The van der Waals surface area contributed by atoms with Crippen LogP contribution in [-0.2, 0) is 10.8 Å². The molecule has 1 unspecified atom stereocenters. The van der Waals surface area contributed by atoms with Gasteiger partial charge < -0.3 is 9.80 Å². The highest BCUT2D eigenvalue weighted by Gasteiger charge is 2.52. The number of benzene rings is 10. The topological polar surface area (TPSA) is 6.48 Å². The predicted molar refractivity (Wildman–Crippen MR) is 275 cm³/mol. The van der Waals surface area contributed by atoms with Gasteiger partial charge in [-0.25, -0.2) is 0 Å². The molecular formula is C64H46N2. The quantitative estimate of drug-likeness (QED) is 0.158. The van der Waals surface area contributed by atoms with E-state index >= 15 is 0 Å². The van der Waals surface area contributed by atoms with Gasteiger partial charge in [-0.1, -0.05) is 184 Å². The van der Waals surface area contributed by atoms with Gasteiger partial charge in [-0.2, -0.15) is 0 Å². The maximum Gasteiger partial charge on any atom is 0.0727 e. The van der Waals surface area contributed by atoms with Crippen molar-refractivity contribution in [2.45, 2.75) is 24.7 Å². The van der Waals surface area contributed by atoms with Gasteiger partial charge >= 0.3 is 0 Å². The van der Waals surface area contributed by atoms with E-state index in [9.17, 15) is 2.74 Å². The number of rotatable bonds is 7. The molecule has 0 N–H and O–H groups in total. The van der Waals surface area contributed by atoms with Gasteiger partial charge in [-0.15, -0.1) is 0 Å². The standard InChI is InChI=1S/C64H46N2/c1-63(2)56-32-18-15-29-49(56)52-37-36-48(39-59(52)63)66(46-27-13-6-14-28-46)62-42-61-55(41-54(62)43-21-7-3-8-22-43)51-31-17-20-34-58(51)64(61)57-33-19-16-30-50(57)53-38-35-47(40-60(53)64)65(44-23-9-4-10-24-44)45-25-11-5-12-26-45/h3-42H,1-2H3/i4D,9D,10D,23D,24D. The van der Waals surface area contributed by atoms with Crippen molar-refractivity contribution < 1.29 is 6.85 Å². The summed E-state index contributed by atoms with van der Waals surface area (Å²) in [5.74, 6) is 0. The Morgan fingerprint density at radius 3 is 1.41 bits per heavy atom. The van der Waals surface area contributed by atoms with Gasteiger partial charge in [0.25, 0.3) is 0 Å². The highest BCUT2D eigenvalue weighted by Crippen LogP contribution is 2.65. The van der Waals surface area contributed by atoms with Crippen LogP contribution >= 0.6 is 0 Å². The summed E-state index contributed by atoms with van der Waals surface area (Å²) >= 11 is 0. The third-order valence-corrected chi connectivity index (χ3v) is 14.3. The van der Waals surface area contributed by atoms with Crippen LogP contribution < -0.4 is 9.80 Å². The molecule has 13 rings (SSSR count). The Balaban J connectivity index is 1.12. The van der Waals surface area contributed by atoms with Crippen LogP contribution in [0.2, 0.25) is 0 Å². The monoisotopic (exact) mass is 847 g/mol. The van der Waals surface area contributed by atoms with E-state index in [0.717, 1.165) is 72.7 Å². The van der Waals surface area contributed by atoms with Crippen LogP contribution in [0.25, 0.3) is 44.5 Å². The summed E-state index contributed by atoms with van der Waals surface area (Å²) < 4.78 is 44.5. The van der Waals surface area contributed by atoms with E-state index in [1.807, 2.05) is 41.3 Å². The summed E-state index contributed by atoms with van der Waals surface area (Å²) in [7, 11) is 0. The first kappa shape index (κ1) is 33.3. The molecule has 0 fully saturated rings. The van der Waals surface area contributed by atoms with Crippen molar-refractivity contribution in [3.8, 4) is 44.5 Å². The van der Waals surface area contributed by atoms with Crippen molar-refractivity contribution in [1.29, 1.82) is 0 Å². The zero-order valence-corrected chi connectivity index (χ0v) is 36.6. The summed E-state index contributed by atoms with van der Waals surface area (Å²) in [6, 6.07) is 73.8. The van der Waals surface area contributed by atoms with Gasteiger partial charge in [0.2, 0.25) is 0 Å². The number of anilines is 6. The second-order valence-corrected chi connectivity index (χ2v) is 18.1. The molecule has 3 aliphatic carbocycles. The Labute approximate surface area is 394 Å². The van der Waals surface area contributed by atoms with Crippen molar-refractivity contribution in [1.82, 2.24) is 0 Å². The fourth-order valence-electron chi connectivity index (χ4n) is 11.5. The summed E-state index contributed by atoms with van der Waals surface area (Å²) in [6.07, 6.45) is 0. The summed E-state index contributed by atoms with van der Waals surface area (Å²) in [4.78, 5) is 4.26. The minimum absolute atomic E-state index is 0.0906. The number of fused-ring (bicyclic) bond motifs is 13. The van der Waals surface area contributed by atoms with Crippen LogP contribution in [0.15, 0.2) is 243 Å². The number of para-hydroxylation sites is 3. The van der Waals surface area contributed by atoms with E-state index in [2.05, 4.69) is 195 Å². The number of nitrogens with zero attached hydrogens (tertiary/aromatic N) is 2. The molecule has 3 aliphatic rings. The zero-order chi connectivity index (χ0) is 48.3. The zero-order valence-electron chi connectivity index (χ0n) is 41.6. The maximum absolute atomic E-state index is 9.25. The molecule has 0 amide bonds. The third kappa shape index (κ3) is 5.48. The molecule has 66 heavy (non-hydrogen) atoms. The molecule has 1 atom stereocenters. The largest absolute Gasteiger partial charge is 0.310 e. The molecule has 2 nitrogen and oxygen atoms in total. The van der Waals surface area contributed by atoms with Gasteiger partial charge in [-0.05, 0) is 145 Å². The normalized spacial score (nSPS) is 16.4. The van der Waals surface area contributed by atoms with Crippen LogP contribution in [0.4, 0.5) is 34.1 Å². The molecule has 0 radical (unpaired) electrons. The average Bonchev–Trinajstić information content (AvgIpc) is 3.97. The molecular weight excluding hydrogens is 797 g/mol. The van der Waals surface area contributed by atoms with Crippen LogP contribution in [0, 0.1) is 0 Å². The molecule has 10 aromatic rings. The highest BCUT2D eigenvalue weighted by atomic mass is 15.1.